The summed E-state index contributed by atoms with van der Waals surface area (Å²) in [5, 5.41) is 25.9. The summed E-state index contributed by atoms with van der Waals surface area (Å²) in [4.78, 5) is 29.8. The number of hydrogen-bond acceptors (Lipinski definition) is 5. The van der Waals surface area contributed by atoms with Crippen LogP contribution in [0.4, 0.5) is 4.79 Å². The monoisotopic (exact) mass is 476 g/mol. The number of halogens is 5. The Bertz CT molecular complexity index is 744. The van der Waals surface area contributed by atoms with Crippen LogP contribution in [0.1, 0.15) is 28.1 Å². The number of carbonyl (C=O) groups is 3. The number of carboxylic acid groups (broad SMARTS) is 1. The molecule has 0 aliphatic carbocycles. The molecule has 0 aromatic heterocycles. The fraction of sp³-hybridized carbons (Fsp3) is 0.0625. The SMILES string of the molecule is C.O=C(Cl)Cl.O=C(Cl)c1ccc(O)c(Cl)c1.O=C(O)c1ccc(O)c(Cl)c1. The molecule has 11 heteroatoms. The van der Waals surface area contributed by atoms with E-state index in [2.05, 4.69) is 23.2 Å². The van der Waals surface area contributed by atoms with Crippen molar-refractivity contribution in [1.29, 1.82) is 0 Å². The molecule has 0 aliphatic rings. The lowest BCUT2D eigenvalue weighted by Gasteiger charge is -1.96. The molecule has 3 N–H and O–H groups in total. The van der Waals surface area contributed by atoms with Crippen molar-refractivity contribution in [3.63, 3.8) is 0 Å². The molecule has 148 valence electrons. The minimum Gasteiger partial charge on any atom is -0.506 e. The highest BCUT2D eigenvalue weighted by atomic mass is 35.5. The smallest absolute Gasteiger partial charge is 0.335 e. The molecule has 0 spiro atoms. The average molecular weight is 479 g/mol. The molecule has 2 aromatic rings. The Morgan fingerprint density at radius 1 is 0.741 bits per heavy atom. The lowest BCUT2D eigenvalue weighted by atomic mass is 10.2. The molecule has 2 rings (SSSR count). The zero-order valence-electron chi connectivity index (χ0n) is 12.4. The topological polar surface area (TPSA) is 112 Å². The molecule has 0 amide bonds. The van der Waals surface area contributed by atoms with Crippen molar-refractivity contribution in [1.82, 2.24) is 0 Å². The molecule has 0 atom stereocenters. The van der Waals surface area contributed by atoms with Crippen molar-refractivity contribution in [3.05, 3.63) is 57.6 Å². The van der Waals surface area contributed by atoms with Gasteiger partial charge in [-0.05, 0) is 71.2 Å². The minimum absolute atomic E-state index is 0. The van der Waals surface area contributed by atoms with E-state index < -0.39 is 15.9 Å². The van der Waals surface area contributed by atoms with E-state index in [-0.39, 0.29) is 40.1 Å². The molecule has 0 aliphatic heterocycles. The Hall–Kier alpha value is -1.70. The van der Waals surface area contributed by atoms with Gasteiger partial charge in [0.05, 0.1) is 15.6 Å². The largest absolute Gasteiger partial charge is 0.506 e. The standard InChI is InChI=1S/C7H4Cl2O2.C7H5ClO3.CCl2O.CH4/c8-5-3-4(7(9)11)1-2-6(5)10;8-5-3-4(7(10)11)1-2-6(5)9;2-1(3)4;/h1-3,10H;1-3,9H,(H,10,11);;1H4. The number of carbonyl (C=O) groups excluding carboxylic acids is 2. The van der Waals surface area contributed by atoms with E-state index in [1.54, 1.807) is 0 Å². The van der Waals surface area contributed by atoms with Crippen LogP contribution in [0.15, 0.2) is 36.4 Å². The molecule has 0 radical (unpaired) electrons. The van der Waals surface area contributed by atoms with Crippen LogP contribution in [0, 0.1) is 0 Å². The number of hydrogen-bond donors (Lipinski definition) is 3. The summed E-state index contributed by atoms with van der Waals surface area (Å²) < 4.78 is -0.889. The average Bonchev–Trinajstić information content (AvgIpc) is 2.52. The molecule has 2 aromatic carbocycles. The fourth-order valence-electron chi connectivity index (χ4n) is 1.27. The number of phenols is 2. The van der Waals surface area contributed by atoms with Crippen LogP contribution in [0.3, 0.4) is 0 Å². The minimum atomic E-state index is -1.06. The van der Waals surface area contributed by atoms with Crippen LogP contribution >= 0.6 is 58.0 Å². The third-order valence-corrected chi connectivity index (χ3v) is 3.19. The highest BCUT2D eigenvalue weighted by Crippen LogP contribution is 2.24. The van der Waals surface area contributed by atoms with Crippen LogP contribution < -0.4 is 0 Å². The molecule has 0 saturated carbocycles. The van der Waals surface area contributed by atoms with Crippen molar-refractivity contribution < 1.29 is 29.7 Å². The van der Waals surface area contributed by atoms with E-state index in [1.807, 2.05) is 0 Å². The molecule has 0 bridgehead atoms. The zero-order chi connectivity index (χ0) is 20.4. The highest BCUT2D eigenvalue weighted by Gasteiger charge is 2.05. The van der Waals surface area contributed by atoms with Crippen LogP contribution in [-0.2, 0) is 0 Å². The van der Waals surface area contributed by atoms with Gasteiger partial charge in [0, 0.05) is 5.56 Å². The second kappa shape index (κ2) is 13.5. The van der Waals surface area contributed by atoms with Crippen LogP contribution in [0.2, 0.25) is 10.0 Å². The Balaban J connectivity index is 0. The van der Waals surface area contributed by atoms with Gasteiger partial charge in [0.25, 0.3) is 5.24 Å². The molecule has 6 nitrogen and oxygen atoms in total. The second-order valence-corrected chi connectivity index (χ2v) is 6.17. The fourth-order valence-corrected chi connectivity index (χ4v) is 1.75. The quantitative estimate of drug-likeness (QED) is 0.431. The van der Waals surface area contributed by atoms with E-state index >= 15 is 0 Å². The van der Waals surface area contributed by atoms with Crippen LogP contribution in [-0.4, -0.2) is 31.2 Å². The summed E-state index contributed by atoms with van der Waals surface area (Å²) in [6.07, 6.45) is 0. The van der Waals surface area contributed by atoms with Gasteiger partial charge in [0.2, 0.25) is 0 Å². The lowest BCUT2D eigenvalue weighted by molar-refractivity contribution is 0.0696. The van der Waals surface area contributed by atoms with E-state index in [0.717, 1.165) is 0 Å². The van der Waals surface area contributed by atoms with E-state index in [9.17, 15) is 9.59 Å². The number of phenolic OH excluding ortho intramolecular Hbond substituents is 2. The predicted octanol–water partition coefficient (Wildman–Crippen LogP) is 6.39. The number of benzene rings is 2. The highest BCUT2D eigenvalue weighted by molar-refractivity contribution is 6.93. The van der Waals surface area contributed by atoms with Gasteiger partial charge in [-0.2, -0.15) is 0 Å². The molecular weight excluding hydrogens is 465 g/mol. The molecule has 0 fully saturated rings. The number of aromatic carboxylic acids is 1. The van der Waals surface area contributed by atoms with Gasteiger partial charge in [-0.3, -0.25) is 9.59 Å². The Morgan fingerprint density at radius 2 is 1.07 bits per heavy atom. The van der Waals surface area contributed by atoms with Gasteiger partial charge >= 0.3 is 10.7 Å². The molecule has 0 heterocycles. The second-order valence-electron chi connectivity index (χ2n) is 4.14. The summed E-state index contributed by atoms with van der Waals surface area (Å²) in [5.74, 6) is -1.24. The van der Waals surface area contributed by atoms with Gasteiger partial charge in [-0.25, -0.2) is 4.79 Å². The van der Waals surface area contributed by atoms with Crippen molar-refractivity contribution >= 4 is 73.9 Å². The van der Waals surface area contributed by atoms with Gasteiger partial charge in [-0.1, -0.05) is 30.6 Å². The summed E-state index contributed by atoms with van der Waals surface area (Å²) in [5.41, 5.74) is 0.335. The summed E-state index contributed by atoms with van der Waals surface area (Å²) in [6, 6.07) is 7.75. The Morgan fingerprint density at radius 3 is 1.37 bits per heavy atom. The number of carboxylic acids is 1. The maximum atomic E-state index is 10.5. The van der Waals surface area contributed by atoms with E-state index in [0.29, 0.717) is 0 Å². The molecule has 27 heavy (non-hydrogen) atoms. The first-order valence-corrected chi connectivity index (χ1v) is 8.09. The molecule has 0 saturated heterocycles. The van der Waals surface area contributed by atoms with Gasteiger partial charge < -0.3 is 15.3 Å². The third-order valence-electron chi connectivity index (χ3n) is 2.37. The van der Waals surface area contributed by atoms with Gasteiger partial charge in [-0.15, -0.1) is 0 Å². The predicted molar refractivity (Wildman–Crippen MR) is 107 cm³/mol. The Labute approximate surface area is 179 Å². The summed E-state index contributed by atoms with van der Waals surface area (Å²) in [6.45, 7) is 0. The van der Waals surface area contributed by atoms with Crippen molar-refractivity contribution in [2.24, 2.45) is 0 Å². The van der Waals surface area contributed by atoms with Crippen molar-refractivity contribution in [3.8, 4) is 11.5 Å². The van der Waals surface area contributed by atoms with Gasteiger partial charge in [0.15, 0.2) is 0 Å². The van der Waals surface area contributed by atoms with E-state index in [4.69, 9.17) is 54.9 Å². The van der Waals surface area contributed by atoms with Crippen LogP contribution in [0.25, 0.3) is 0 Å². The summed E-state index contributed by atoms with van der Waals surface area (Å²) >= 11 is 24.9. The third kappa shape index (κ3) is 11.6. The van der Waals surface area contributed by atoms with Gasteiger partial charge in [0.1, 0.15) is 11.5 Å². The van der Waals surface area contributed by atoms with Crippen molar-refractivity contribution in [2.45, 2.75) is 7.43 Å². The molecular formula is C16H13Cl5O6. The number of rotatable bonds is 2. The number of aromatic hydroxyl groups is 2. The van der Waals surface area contributed by atoms with Crippen molar-refractivity contribution in [2.75, 3.05) is 0 Å². The van der Waals surface area contributed by atoms with Crippen LogP contribution in [0.5, 0.6) is 11.5 Å². The first-order chi connectivity index (χ1) is 12.0. The molecule has 0 unspecified atom stereocenters. The first-order valence-electron chi connectivity index (χ1n) is 6.20. The lowest BCUT2D eigenvalue weighted by Crippen LogP contribution is -1.94. The Kier molecular flexibility index (Phi) is 13.7. The normalized spacial score (nSPS) is 8.78. The zero-order valence-corrected chi connectivity index (χ0v) is 16.2. The first kappa shape index (κ1) is 27.5. The maximum absolute atomic E-state index is 10.5. The maximum Gasteiger partial charge on any atom is 0.335 e. The summed E-state index contributed by atoms with van der Waals surface area (Å²) in [7, 11) is 0. The van der Waals surface area contributed by atoms with E-state index in [1.165, 1.54) is 36.4 Å².